The molecule has 0 aromatic carbocycles. The normalized spacial score (nSPS) is 9.41. The van der Waals surface area contributed by atoms with Crippen LogP contribution in [0.5, 0.6) is 0 Å². The van der Waals surface area contributed by atoms with Crippen LogP contribution in [0.1, 0.15) is 34.1 Å². The highest BCUT2D eigenvalue weighted by Crippen LogP contribution is 2.18. The number of hydrogen-bond acceptors (Lipinski definition) is 5. The Kier molecular flexibility index (Phi) is 16.4. The summed E-state index contributed by atoms with van der Waals surface area (Å²) in [6, 6.07) is 0. The second kappa shape index (κ2) is 14.2. The van der Waals surface area contributed by atoms with Crippen molar-refractivity contribution in [2.75, 3.05) is 19.8 Å². The van der Waals surface area contributed by atoms with E-state index in [0.29, 0.717) is 12.0 Å². The topological polar surface area (TPSA) is 135 Å². The van der Waals surface area contributed by atoms with Crippen molar-refractivity contribution >= 4 is 11.9 Å². The largest absolute Gasteiger partial charge is 0.478 e. The van der Waals surface area contributed by atoms with Gasteiger partial charge in [-0.3, -0.25) is 0 Å². The molecule has 0 atom stereocenters. The molecule has 0 rings (SSSR count). The summed E-state index contributed by atoms with van der Waals surface area (Å²) < 4.78 is 0. The average Bonchev–Trinajstić information content (AvgIpc) is 2.50. The van der Waals surface area contributed by atoms with Crippen molar-refractivity contribution < 1.29 is 35.1 Å². The van der Waals surface area contributed by atoms with Crippen LogP contribution < -0.4 is 0 Å². The lowest BCUT2D eigenvalue weighted by molar-refractivity contribution is -0.133. The minimum Gasteiger partial charge on any atom is -0.478 e. The number of hydrogen-bond donors (Lipinski definition) is 5. The molecule has 0 unspecified atom stereocenters. The quantitative estimate of drug-likeness (QED) is 0.461. The van der Waals surface area contributed by atoms with Gasteiger partial charge in [0.2, 0.25) is 0 Å². The number of aliphatic hydroxyl groups is 3. The highest BCUT2D eigenvalue weighted by Gasteiger charge is 2.24. The van der Waals surface area contributed by atoms with Crippen molar-refractivity contribution in [3.05, 3.63) is 23.8 Å². The van der Waals surface area contributed by atoms with Crippen molar-refractivity contribution in [2.45, 2.75) is 34.1 Å². The molecule has 7 heteroatoms. The third kappa shape index (κ3) is 13.3. The number of carboxylic acid groups (broad SMARTS) is 2. The van der Waals surface area contributed by atoms with E-state index < -0.39 is 17.4 Å². The molecule has 0 aliphatic rings. The zero-order valence-electron chi connectivity index (χ0n) is 13.7. The molecule has 22 heavy (non-hydrogen) atoms. The van der Waals surface area contributed by atoms with Crippen LogP contribution in [-0.4, -0.2) is 57.3 Å². The predicted molar refractivity (Wildman–Crippen MR) is 83.5 cm³/mol. The van der Waals surface area contributed by atoms with E-state index in [1.165, 1.54) is 0 Å². The van der Waals surface area contributed by atoms with Gasteiger partial charge in [-0.05, 0) is 27.2 Å². The summed E-state index contributed by atoms with van der Waals surface area (Å²) in [5.74, 6) is -1.81. The van der Waals surface area contributed by atoms with Crippen LogP contribution in [0.2, 0.25) is 0 Å². The van der Waals surface area contributed by atoms with Crippen LogP contribution in [0.25, 0.3) is 0 Å². The molecular weight excluding hydrogens is 292 g/mol. The van der Waals surface area contributed by atoms with Gasteiger partial charge in [-0.2, -0.15) is 0 Å². The number of carboxylic acids is 2. The molecule has 5 N–H and O–H groups in total. The Morgan fingerprint density at radius 1 is 1.00 bits per heavy atom. The maximum atomic E-state index is 10.1. The van der Waals surface area contributed by atoms with E-state index in [9.17, 15) is 9.59 Å². The van der Waals surface area contributed by atoms with Gasteiger partial charge >= 0.3 is 11.9 Å². The summed E-state index contributed by atoms with van der Waals surface area (Å²) in [6.45, 7) is 9.47. The average molecular weight is 320 g/mol. The Balaban J connectivity index is -0.000000257. The zero-order chi connectivity index (χ0) is 18.3. The standard InChI is InChI=1S/C6H14O3.C6H10O2.C3H4O2/c1-2-6(3-7,4-8)5-9;1-4(2)5(3)6(7)8;1-2-3(4)5/h7-9H,2-5H2,1H3;1-3H3,(H,7,8);2H,1H2,(H,4,5). The molecule has 0 amide bonds. The smallest absolute Gasteiger partial charge is 0.331 e. The SMILES string of the molecule is C=CC(=O)O.CC(C)=C(C)C(=O)O.CCC(CO)(CO)CO. The summed E-state index contributed by atoms with van der Waals surface area (Å²) in [7, 11) is 0. The van der Waals surface area contributed by atoms with Gasteiger partial charge < -0.3 is 25.5 Å². The molecule has 0 aromatic heterocycles. The van der Waals surface area contributed by atoms with Crippen LogP contribution >= 0.6 is 0 Å². The van der Waals surface area contributed by atoms with Crippen LogP contribution in [-0.2, 0) is 9.59 Å². The number of carbonyl (C=O) groups is 2. The van der Waals surface area contributed by atoms with E-state index >= 15 is 0 Å². The Labute approximate surface area is 131 Å². The number of aliphatic hydroxyl groups excluding tert-OH is 3. The maximum Gasteiger partial charge on any atom is 0.331 e. The van der Waals surface area contributed by atoms with Gasteiger partial charge in [0.1, 0.15) is 0 Å². The molecule has 0 aliphatic heterocycles. The third-order valence-corrected chi connectivity index (χ3v) is 3.00. The molecule has 0 radical (unpaired) electrons. The minimum absolute atomic E-state index is 0.156. The molecular formula is C15H28O7. The van der Waals surface area contributed by atoms with Crippen LogP contribution in [0.3, 0.4) is 0 Å². The first-order valence-electron chi connectivity index (χ1n) is 6.62. The van der Waals surface area contributed by atoms with E-state index in [1.54, 1.807) is 20.8 Å². The van der Waals surface area contributed by atoms with Crippen molar-refractivity contribution in [2.24, 2.45) is 5.41 Å². The van der Waals surface area contributed by atoms with Crippen LogP contribution in [0, 0.1) is 5.41 Å². The van der Waals surface area contributed by atoms with E-state index in [1.807, 2.05) is 6.92 Å². The molecule has 130 valence electrons. The van der Waals surface area contributed by atoms with Crippen molar-refractivity contribution in [3.63, 3.8) is 0 Å². The molecule has 0 saturated heterocycles. The number of aliphatic carboxylic acids is 2. The summed E-state index contributed by atoms with van der Waals surface area (Å²) >= 11 is 0. The lowest BCUT2D eigenvalue weighted by atomic mass is 9.88. The molecule has 0 aromatic rings. The fraction of sp³-hybridized carbons (Fsp3) is 0.600. The second-order valence-electron chi connectivity index (χ2n) is 4.80. The predicted octanol–water partition coefficient (Wildman–Crippen LogP) is 1.04. The Morgan fingerprint density at radius 3 is 1.32 bits per heavy atom. The van der Waals surface area contributed by atoms with E-state index in [0.717, 1.165) is 11.6 Å². The van der Waals surface area contributed by atoms with Gasteiger partial charge in [0.05, 0.1) is 19.8 Å². The first kappa shape index (κ1) is 25.3. The van der Waals surface area contributed by atoms with Gasteiger partial charge in [-0.1, -0.05) is 19.1 Å². The molecule has 0 fully saturated rings. The Hall–Kier alpha value is -1.70. The maximum absolute atomic E-state index is 10.1. The number of rotatable bonds is 6. The van der Waals surface area contributed by atoms with Crippen molar-refractivity contribution in [1.82, 2.24) is 0 Å². The molecule has 0 heterocycles. The highest BCUT2D eigenvalue weighted by atomic mass is 16.4. The monoisotopic (exact) mass is 320 g/mol. The van der Waals surface area contributed by atoms with Crippen molar-refractivity contribution in [3.8, 4) is 0 Å². The third-order valence-electron chi connectivity index (χ3n) is 3.00. The number of allylic oxidation sites excluding steroid dienone is 1. The van der Waals surface area contributed by atoms with Gasteiger partial charge in [0.15, 0.2) is 0 Å². The Bertz CT molecular complexity index is 347. The van der Waals surface area contributed by atoms with Gasteiger partial charge in [-0.25, -0.2) is 9.59 Å². The minimum atomic E-state index is -0.981. The van der Waals surface area contributed by atoms with E-state index in [-0.39, 0.29) is 19.8 Å². The van der Waals surface area contributed by atoms with Gasteiger partial charge in [-0.15, -0.1) is 0 Å². The van der Waals surface area contributed by atoms with Gasteiger partial charge in [0.25, 0.3) is 0 Å². The summed E-state index contributed by atoms with van der Waals surface area (Å²) in [5, 5.41) is 41.9. The molecule has 0 aliphatic carbocycles. The van der Waals surface area contributed by atoms with Crippen LogP contribution in [0.4, 0.5) is 0 Å². The Morgan fingerprint density at radius 2 is 1.32 bits per heavy atom. The van der Waals surface area contributed by atoms with E-state index in [2.05, 4.69) is 6.58 Å². The first-order valence-corrected chi connectivity index (χ1v) is 6.62. The lowest BCUT2D eigenvalue weighted by Crippen LogP contribution is -2.32. The zero-order valence-corrected chi connectivity index (χ0v) is 13.7. The van der Waals surface area contributed by atoms with Crippen LogP contribution in [0.15, 0.2) is 23.8 Å². The molecule has 7 nitrogen and oxygen atoms in total. The van der Waals surface area contributed by atoms with Gasteiger partial charge in [0, 0.05) is 17.1 Å². The first-order chi connectivity index (χ1) is 10.1. The lowest BCUT2D eigenvalue weighted by Gasteiger charge is -2.24. The summed E-state index contributed by atoms with van der Waals surface area (Å²) in [4.78, 5) is 19.3. The van der Waals surface area contributed by atoms with Crippen molar-refractivity contribution in [1.29, 1.82) is 0 Å². The highest BCUT2D eigenvalue weighted by molar-refractivity contribution is 5.86. The second-order valence-corrected chi connectivity index (χ2v) is 4.80. The van der Waals surface area contributed by atoms with E-state index in [4.69, 9.17) is 25.5 Å². The fourth-order valence-corrected chi connectivity index (χ4v) is 0.699. The fourth-order valence-electron chi connectivity index (χ4n) is 0.699. The molecule has 0 bridgehead atoms. The molecule has 0 spiro atoms. The molecule has 0 saturated carbocycles. The summed E-state index contributed by atoms with van der Waals surface area (Å²) in [5.41, 5.74) is 0.627. The summed E-state index contributed by atoms with van der Waals surface area (Å²) in [6.07, 6.45) is 1.43.